The lowest BCUT2D eigenvalue weighted by atomic mass is 10.0. The minimum Gasteiger partial charge on any atom is -0.398 e. The number of nitrogens with two attached hydrogens (primary N) is 2. The smallest absolute Gasteiger partial charge is 0.256 e. The van der Waals surface area contributed by atoms with Crippen molar-refractivity contribution in [2.24, 2.45) is 0 Å². The number of rotatable bonds is 4. The Hall–Kier alpha value is -3.74. The van der Waals surface area contributed by atoms with Crippen LogP contribution in [0, 0.1) is 5.41 Å². The summed E-state index contributed by atoms with van der Waals surface area (Å²) in [4.78, 5) is 20.2. The van der Waals surface area contributed by atoms with Crippen molar-refractivity contribution in [2.75, 3.05) is 16.8 Å². The number of amides is 1. The number of hydrogen-bond acceptors (Lipinski definition) is 6. The van der Waals surface area contributed by atoms with Crippen LogP contribution in [0.3, 0.4) is 0 Å². The Kier molecular flexibility index (Phi) is 4.38. The predicted octanol–water partition coefficient (Wildman–Crippen LogP) is 2.31. The molecule has 0 unspecified atom stereocenters. The molecule has 0 aliphatic heterocycles. The van der Waals surface area contributed by atoms with Gasteiger partial charge in [0.05, 0.1) is 11.3 Å². The highest BCUT2D eigenvalue weighted by Crippen LogP contribution is 2.21. The van der Waals surface area contributed by atoms with Crippen LogP contribution < -0.4 is 16.8 Å². The number of nitrogen functional groups attached to an aromatic ring is 2. The molecule has 0 spiro atoms. The maximum absolute atomic E-state index is 12.2. The van der Waals surface area contributed by atoms with Crippen LogP contribution in [0.4, 0.5) is 17.3 Å². The summed E-state index contributed by atoms with van der Waals surface area (Å²) in [7, 11) is 0. The van der Waals surface area contributed by atoms with Gasteiger partial charge in [-0.05, 0) is 30.3 Å². The van der Waals surface area contributed by atoms with E-state index in [2.05, 4.69) is 15.3 Å². The molecule has 0 radical (unpaired) electrons. The third kappa shape index (κ3) is 3.45. The maximum atomic E-state index is 12.2. The zero-order valence-corrected chi connectivity index (χ0v) is 13.2. The number of nitrogens with one attached hydrogen (secondary N) is 2. The molecule has 3 aromatic rings. The monoisotopic (exact) mass is 332 g/mol. The Morgan fingerprint density at radius 1 is 0.920 bits per heavy atom. The normalized spacial score (nSPS) is 10.2. The second-order valence-electron chi connectivity index (χ2n) is 5.28. The van der Waals surface area contributed by atoms with Crippen LogP contribution in [-0.4, -0.2) is 21.6 Å². The summed E-state index contributed by atoms with van der Waals surface area (Å²) in [6, 6.07) is 13.4. The SMILES string of the molecule is N=C(c1ccc(C(=O)Nc2ccccn2)cc1)c1c(N)ccnc1N. The summed E-state index contributed by atoms with van der Waals surface area (Å²) in [6.45, 7) is 0. The first-order chi connectivity index (χ1) is 12.1. The molecule has 0 aliphatic carbocycles. The minimum atomic E-state index is -0.280. The molecule has 0 saturated heterocycles. The largest absolute Gasteiger partial charge is 0.398 e. The van der Waals surface area contributed by atoms with E-state index in [0.29, 0.717) is 28.2 Å². The predicted molar refractivity (Wildman–Crippen MR) is 97.6 cm³/mol. The van der Waals surface area contributed by atoms with E-state index in [0.717, 1.165) is 0 Å². The van der Waals surface area contributed by atoms with Gasteiger partial charge in [-0.3, -0.25) is 10.2 Å². The van der Waals surface area contributed by atoms with Crippen molar-refractivity contribution in [1.82, 2.24) is 9.97 Å². The third-order valence-electron chi connectivity index (χ3n) is 3.60. The molecule has 2 heterocycles. The van der Waals surface area contributed by atoms with Gasteiger partial charge >= 0.3 is 0 Å². The Bertz CT molecular complexity index is 902. The Balaban J connectivity index is 1.80. The molecule has 7 heteroatoms. The Morgan fingerprint density at radius 2 is 1.64 bits per heavy atom. The lowest BCUT2D eigenvalue weighted by Crippen LogP contribution is -2.14. The first-order valence-corrected chi connectivity index (χ1v) is 7.48. The maximum Gasteiger partial charge on any atom is 0.256 e. The van der Waals surface area contributed by atoms with E-state index in [1.54, 1.807) is 54.7 Å². The van der Waals surface area contributed by atoms with Gasteiger partial charge in [0.15, 0.2) is 0 Å². The second kappa shape index (κ2) is 6.79. The van der Waals surface area contributed by atoms with E-state index in [9.17, 15) is 4.79 Å². The molecule has 2 aromatic heterocycles. The molecular formula is C18H16N6O. The summed E-state index contributed by atoms with van der Waals surface area (Å²) in [5.41, 5.74) is 13.7. The lowest BCUT2D eigenvalue weighted by molar-refractivity contribution is 0.102. The first-order valence-electron chi connectivity index (χ1n) is 7.48. The van der Waals surface area contributed by atoms with Crippen molar-refractivity contribution >= 4 is 28.9 Å². The molecule has 124 valence electrons. The lowest BCUT2D eigenvalue weighted by Gasteiger charge is -2.10. The number of nitrogens with zero attached hydrogens (tertiary/aromatic N) is 2. The highest BCUT2D eigenvalue weighted by atomic mass is 16.1. The molecule has 7 nitrogen and oxygen atoms in total. The molecule has 1 amide bonds. The van der Waals surface area contributed by atoms with Gasteiger partial charge in [0.25, 0.3) is 5.91 Å². The van der Waals surface area contributed by atoms with Gasteiger partial charge in [-0.2, -0.15) is 0 Å². The molecular weight excluding hydrogens is 316 g/mol. The zero-order chi connectivity index (χ0) is 17.8. The van der Waals surface area contributed by atoms with Crippen LogP contribution in [0.25, 0.3) is 0 Å². The number of aromatic nitrogens is 2. The van der Waals surface area contributed by atoms with Crippen molar-refractivity contribution in [1.29, 1.82) is 5.41 Å². The molecule has 0 aliphatic rings. The van der Waals surface area contributed by atoms with Crippen LogP contribution in [0.15, 0.2) is 60.9 Å². The van der Waals surface area contributed by atoms with E-state index in [1.165, 1.54) is 6.20 Å². The number of anilines is 3. The molecule has 6 N–H and O–H groups in total. The standard InChI is InChI=1S/C18H16N6O/c19-13-8-10-23-17(21)15(13)16(20)11-4-6-12(7-5-11)18(25)24-14-3-1-2-9-22-14/h1-10,20H,(H4,19,21,23)(H,22,24,25). The van der Waals surface area contributed by atoms with Crippen molar-refractivity contribution in [3.05, 3.63) is 77.6 Å². The van der Waals surface area contributed by atoms with Crippen LogP contribution in [0.2, 0.25) is 0 Å². The molecule has 0 fully saturated rings. The molecule has 0 atom stereocenters. The Morgan fingerprint density at radius 3 is 2.28 bits per heavy atom. The fourth-order valence-corrected chi connectivity index (χ4v) is 2.32. The zero-order valence-electron chi connectivity index (χ0n) is 13.2. The van der Waals surface area contributed by atoms with E-state index < -0.39 is 0 Å². The molecule has 0 bridgehead atoms. The van der Waals surface area contributed by atoms with Gasteiger partial charge in [0, 0.05) is 29.2 Å². The van der Waals surface area contributed by atoms with Crippen molar-refractivity contribution in [2.45, 2.75) is 0 Å². The number of hydrogen-bond donors (Lipinski definition) is 4. The van der Waals surface area contributed by atoms with Crippen molar-refractivity contribution in [3.8, 4) is 0 Å². The highest BCUT2D eigenvalue weighted by Gasteiger charge is 2.14. The van der Waals surface area contributed by atoms with E-state index in [4.69, 9.17) is 16.9 Å². The van der Waals surface area contributed by atoms with E-state index >= 15 is 0 Å². The molecule has 0 saturated carbocycles. The highest BCUT2D eigenvalue weighted by molar-refractivity contribution is 6.16. The molecule has 1 aromatic carbocycles. The second-order valence-corrected chi connectivity index (χ2v) is 5.28. The number of pyridine rings is 2. The summed E-state index contributed by atoms with van der Waals surface area (Å²) in [5.74, 6) is 0.388. The van der Waals surface area contributed by atoms with Crippen LogP contribution in [-0.2, 0) is 0 Å². The fourth-order valence-electron chi connectivity index (χ4n) is 2.32. The average molecular weight is 332 g/mol. The quantitative estimate of drug-likeness (QED) is 0.544. The van der Waals surface area contributed by atoms with Gasteiger partial charge in [-0.1, -0.05) is 18.2 Å². The van der Waals surface area contributed by atoms with Gasteiger partial charge in [-0.15, -0.1) is 0 Å². The third-order valence-corrected chi connectivity index (χ3v) is 3.60. The van der Waals surface area contributed by atoms with Gasteiger partial charge < -0.3 is 16.8 Å². The van der Waals surface area contributed by atoms with Gasteiger partial charge in [0.2, 0.25) is 0 Å². The number of benzene rings is 1. The van der Waals surface area contributed by atoms with Crippen LogP contribution in [0.1, 0.15) is 21.5 Å². The van der Waals surface area contributed by atoms with Crippen molar-refractivity contribution < 1.29 is 4.79 Å². The van der Waals surface area contributed by atoms with Crippen LogP contribution in [0.5, 0.6) is 0 Å². The summed E-state index contributed by atoms with van der Waals surface area (Å²) in [6.07, 6.45) is 3.09. The first kappa shape index (κ1) is 16.1. The topological polar surface area (TPSA) is 131 Å². The summed E-state index contributed by atoms with van der Waals surface area (Å²) >= 11 is 0. The number of carbonyl (C=O) groups is 1. The Labute approximate surface area is 144 Å². The summed E-state index contributed by atoms with van der Waals surface area (Å²) in [5, 5.41) is 11.0. The summed E-state index contributed by atoms with van der Waals surface area (Å²) < 4.78 is 0. The minimum absolute atomic E-state index is 0.153. The molecule has 25 heavy (non-hydrogen) atoms. The average Bonchev–Trinajstić information content (AvgIpc) is 2.62. The fraction of sp³-hybridized carbons (Fsp3) is 0. The van der Waals surface area contributed by atoms with Gasteiger partial charge in [0.1, 0.15) is 11.6 Å². The van der Waals surface area contributed by atoms with E-state index in [-0.39, 0.29) is 17.4 Å². The van der Waals surface area contributed by atoms with E-state index in [1.807, 2.05) is 0 Å². The van der Waals surface area contributed by atoms with Gasteiger partial charge in [-0.25, -0.2) is 9.97 Å². The van der Waals surface area contributed by atoms with Crippen molar-refractivity contribution in [3.63, 3.8) is 0 Å². The number of carbonyl (C=O) groups excluding carboxylic acids is 1. The van der Waals surface area contributed by atoms with Crippen LogP contribution >= 0.6 is 0 Å². The molecule has 3 rings (SSSR count).